The van der Waals surface area contributed by atoms with Gasteiger partial charge in [0.2, 0.25) is 0 Å². The van der Waals surface area contributed by atoms with Crippen LogP contribution in [0.5, 0.6) is 0 Å². The third-order valence-electron chi connectivity index (χ3n) is 1.95. The van der Waals surface area contributed by atoms with Crippen LogP contribution in [0.25, 0.3) is 0 Å². The zero-order valence-corrected chi connectivity index (χ0v) is 11.1. The summed E-state index contributed by atoms with van der Waals surface area (Å²) in [5.74, 6) is 0. The molecule has 0 atom stereocenters. The molecule has 0 aromatic carbocycles. The summed E-state index contributed by atoms with van der Waals surface area (Å²) >= 11 is 0. The fraction of sp³-hybridized carbons (Fsp3) is 0.900. The van der Waals surface area contributed by atoms with E-state index in [1.54, 1.807) is 0 Å². The molecule has 12 heavy (non-hydrogen) atoms. The first-order chi connectivity index (χ1) is 5.41. The van der Waals surface area contributed by atoms with Crippen molar-refractivity contribution in [3.05, 3.63) is 6.92 Å². The van der Waals surface area contributed by atoms with Crippen LogP contribution in [0.15, 0.2) is 0 Å². The van der Waals surface area contributed by atoms with Gasteiger partial charge in [0.1, 0.15) is 0 Å². The normalized spacial score (nSPS) is 9.50. The van der Waals surface area contributed by atoms with Gasteiger partial charge in [-0.3, -0.25) is 0 Å². The summed E-state index contributed by atoms with van der Waals surface area (Å²) in [4.78, 5) is 0. The molecule has 0 bridgehead atoms. The molecule has 0 aliphatic rings. The summed E-state index contributed by atoms with van der Waals surface area (Å²) in [5, 5.41) is 0. The van der Waals surface area contributed by atoms with Crippen LogP contribution < -0.4 is 5.73 Å². The molecule has 2 N–H and O–H groups in total. The molecule has 0 fully saturated rings. The van der Waals surface area contributed by atoms with Crippen LogP contribution in [0.3, 0.4) is 0 Å². The minimum absolute atomic E-state index is 0. The topological polar surface area (TPSA) is 26.0 Å². The summed E-state index contributed by atoms with van der Waals surface area (Å²) in [5.41, 5.74) is 5.38. The van der Waals surface area contributed by atoms with E-state index in [2.05, 4.69) is 6.92 Å². The summed E-state index contributed by atoms with van der Waals surface area (Å²) in [6, 6.07) is 0. The van der Waals surface area contributed by atoms with E-state index in [4.69, 9.17) is 5.73 Å². The monoisotopic (exact) mass is 245 g/mol. The van der Waals surface area contributed by atoms with Crippen molar-refractivity contribution in [3.63, 3.8) is 0 Å². The Hall–Kier alpha value is 1.06. The zero-order valence-electron chi connectivity index (χ0n) is 8.23. The van der Waals surface area contributed by atoms with Crippen molar-refractivity contribution in [2.75, 3.05) is 6.54 Å². The molecule has 0 aromatic heterocycles. The van der Waals surface area contributed by atoms with Gasteiger partial charge >= 0.3 is 0 Å². The van der Waals surface area contributed by atoms with Crippen LogP contribution in [-0.4, -0.2) is 6.54 Å². The molecule has 71 valence electrons. The predicted octanol–water partition coefficient (Wildman–Crippen LogP) is 2.90. The zero-order chi connectivity index (χ0) is 8.36. The maximum Gasteiger partial charge on any atom is 0 e. The second-order valence-corrected chi connectivity index (χ2v) is 3.12. The average molecular weight is 245 g/mol. The molecular weight excluding hydrogens is 223 g/mol. The maximum atomic E-state index is 5.38. The predicted molar refractivity (Wildman–Crippen MR) is 51.3 cm³/mol. The number of nitrogens with two attached hydrogens (primary N) is 1. The van der Waals surface area contributed by atoms with Crippen LogP contribution >= 0.6 is 0 Å². The van der Waals surface area contributed by atoms with Crippen LogP contribution in [0, 0.1) is 6.92 Å². The van der Waals surface area contributed by atoms with Crippen LogP contribution in [-0.2, 0) is 32.7 Å². The summed E-state index contributed by atoms with van der Waals surface area (Å²) in [6.45, 7) is 4.68. The Morgan fingerprint density at radius 2 is 1.17 bits per heavy atom. The smallest absolute Gasteiger partial charge is 0 e. The molecule has 0 heterocycles. The van der Waals surface area contributed by atoms with Crippen molar-refractivity contribution in [2.24, 2.45) is 5.73 Å². The molecule has 0 aliphatic heterocycles. The first-order valence-corrected chi connectivity index (χ1v) is 4.91. The van der Waals surface area contributed by atoms with Gasteiger partial charge in [0.05, 0.1) is 0 Å². The first-order valence-electron chi connectivity index (χ1n) is 4.91. The van der Waals surface area contributed by atoms with Gasteiger partial charge in [-0.2, -0.15) is 6.42 Å². The number of rotatable bonds is 8. The van der Waals surface area contributed by atoms with Gasteiger partial charge < -0.3 is 12.7 Å². The van der Waals surface area contributed by atoms with Gasteiger partial charge in [0.25, 0.3) is 0 Å². The van der Waals surface area contributed by atoms with Gasteiger partial charge in [-0.15, -0.1) is 0 Å². The fourth-order valence-corrected chi connectivity index (χ4v) is 1.20. The van der Waals surface area contributed by atoms with Crippen LogP contribution in [0.4, 0.5) is 0 Å². The van der Waals surface area contributed by atoms with Crippen molar-refractivity contribution in [3.8, 4) is 0 Å². The Kier molecular flexibility index (Phi) is 18.9. The summed E-state index contributed by atoms with van der Waals surface area (Å²) < 4.78 is 0. The van der Waals surface area contributed by atoms with E-state index in [0.717, 1.165) is 13.0 Å². The molecule has 2 heteroatoms. The maximum absolute atomic E-state index is 5.38. The molecule has 0 aromatic rings. The summed E-state index contributed by atoms with van der Waals surface area (Å²) in [6.07, 6.45) is 10.4. The molecule has 0 aliphatic carbocycles. The Morgan fingerprint density at radius 3 is 1.58 bits per heavy atom. The average Bonchev–Trinajstić information content (AvgIpc) is 2.03. The van der Waals surface area contributed by atoms with Crippen LogP contribution in [0.2, 0.25) is 0 Å². The summed E-state index contributed by atoms with van der Waals surface area (Å²) in [7, 11) is 0. The van der Waals surface area contributed by atoms with Crippen molar-refractivity contribution in [2.45, 2.75) is 51.4 Å². The number of hydrogen-bond acceptors (Lipinski definition) is 1. The third kappa shape index (κ3) is 13.6. The van der Waals surface area contributed by atoms with E-state index in [1.165, 1.54) is 44.9 Å². The molecule has 0 saturated heterocycles. The molecular formula is C10H22NY-. The second-order valence-electron chi connectivity index (χ2n) is 3.12. The molecule has 0 spiro atoms. The molecule has 1 nitrogen and oxygen atoms in total. The SMILES string of the molecule is [CH2-]CCCCCCCCCN.[Y]. The van der Waals surface area contributed by atoms with Gasteiger partial charge in [0, 0.05) is 32.7 Å². The van der Waals surface area contributed by atoms with E-state index in [1.807, 2.05) is 0 Å². The number of unbranched alkanes of at least 4 members (excludes halogenated alkanes) is 7. The van der Waals surface area contributed by atoms with Crippen molar-refractivity contribution < 1.29 is 32.7 Å². The van der Waals surface area contributed by atoms with Gasteiger partial charge in [-0.05, 0) is 13.0 Å². The van der Waals surface area contributed by atoms with E-state index in [9.17, 15) is 0 Å². The molecule has 1 radical (unpaired) electrons. The van der Waals surface area contributed by atoms with E-state index in [0.29, 0.717) is 0 Å². The largest absolute Gasteiger partial charge is 0.343 e. The minimum Gasteiger partial charge on any atom is -0.343 e. The second kappa shape index (κ2) is 14.6. The molecule has 0 unspecified atom stereocenters. The Morgan fingerprint density at radius 1 is 0.750 bits per heavy atom. The molecule has 0 saturated carbocycles. The van der Waals surface area contributed by atoms with E-state index >= 15 is 0 Å². The minimum atomic E-state index is 0. The Balaban J connectivity index is 0. The van der Waals surface area contributed by atoms with Gasteiger partial charge in [-0.1, -0.05) is 38.5 Å². The van der Waals surface area contributed by atoms with Crippen molar-refractivity contribution in [1.82, 2.24) is 0 Å². The molecule has 0 rings (SSSR count). The van der Waals surface area contributed by atoms with Crippen molar-refractivity contribution in [1.29, 1.82) is 0 Å². The fourth-order valence-electron chi connectivity index (χ4n) is 1.20. The Labute approximate surface area is 103 Å². The van der Waals surface area contributed by atoms with Gasteiger partial charge in [-0.25, -0.2) is 0 Å². The van der Waals surface area contributed by atoms with Crippen molar-refractivity contribution >= 4 is 0 Å². The quantitative estimate of drug-likeness (QED) is 0.516. The van der Waals surface area contributed by atoms with E-state index in [-0.39, 0.29) is 32.7 Å². The van der Waals surface area contributed by atoms with Crippen LogP contribution in [0.1, 0.15) is 51.4 Å². The van der Waals surface area contributed by atoms with Gasteiger partial charge in [0.15, 0.2) is 0 Å². The molecule has 0 amide bonds. The number of hydrogen-bond donors (Lipinski definition) is 1. The Bertz CT molecular complexity index is 58.9. The third-order valence-corrected chi connectivity index (χ3v) is 1.95. The first kappa shape index (κ1) is 15.5. The van der Waals surface area contributed by atoms with E-state index < -0.39 is 0 Å². The standard InChI is InChI=1S/C10H22N.Y/c1-2-3-4-5-6-7-8-9-10-11;/h1-11H2;/q-1;.